The molecule has 2 aromatic rings. The fraction of sp³-hybridized carbons (Fsp3) is 0.611. The SMILES string of the molecule is Cc1cc(C)n(CC2CCCN2CC(=O)N(C)Cc2cnn(C)c2)n1. The van der Waals surface area contributed by atoms with Crippen molar-refractivity contribution in [3.8, 4) is 0 Å². The van der Waals surface area contributed by atoms with Gasteiger partial charge in [0.2, 0.25) is 5.91 Å². The summed E-state index contributed by atoms with van der Waals surface area (Å²) in [5.41, 5.74) is 3.29. The van der Waals surface area contributed by atoms with Gasteiger partial charge in [-0.05, 0) is 39.3 Å². The van der Waals surface area contributed by atoms with Crippen molar-refractivity contribution < 1.29 is 4.79 Å². The maximum Gasteiger partial charge on any atom is 0.236 e. The molecule has 0 aromatic carbocycles. The maximum absolute atomic E-state index is 12.6. The van der Waals surface area contributed by atoms with E-state index in [9.17, 15) is 4.79 Å². The van der Waals surface area contributed by atoms with Gasteiger partial charge in [0.1, 0.15) is 0 Å². The molecular weight excluding hydrogens is 316 g/mol. The van der Waals surface area contributed by atoms with Gasteiger partial charge in [-0.25, -0.2) is 0 Å². The number of hydrogen-bond donors (Lipinski definition) is 0. The third-order valence-corrected chi connectivity index (χ3v) is 4.93. The first-order valence-corrected chi connectivity index (χ1v) is 8.89. The molecule has 1 aliphatic heterocycles. The van der Waals surface area contributed by atoms with Gasteiger partial charge < -0.3 is 4.90 Å². The molecule has 0 spiro atoms. The van der Waals surface area contributed by atoms with Crippen molar-refractivity contribution in [2.24, 2.45) is 7.05 Å². The van der Waals surface area contributed by atoms with Crippen molar-refractivity contribution in [1.82, 2.24) is 29.4 Å². The molecule has 1 amide bonds. The molecule has 0 aliphatic carbocycles. The summed E-state index contributed by atoms with van der Waals surface area (Å²) in [5, 5.41) is 8.73. The van der Waals surface area contributed by atoms with Gasteiger partial charge >= 0.3 is 0 Å². The number of rotatable bonds is 6. The van der Waals surface area contributed by atoms with Crippen LogP contribution in [0.1, 0.15) is 29.8 Å². The van der Waals surface area contributed by atoms with Gasteiger partial charge in [0.15, 0.2) is 0 Å². The van der Waals surface area contributed by atoms with E-state index in [0.29, 0.717) is 19.1 Å². The van der Waals surface area contributed by atoms with Crippen LogP contribution in [0.2, 0.25) is 0 Å². The van der Waals surface area contributed by atoms with Crippen LogP contribution in [0.3, 0.4) is 0 Å². The van der Waals surface area contributed by atoms with Gasteiger partial charge in [0, 0.05) is 44.1 Å². The van der Waals surface area contributed by atoms with E-state index in [2.05, 4.69) is 32.8 Å². The van der Waals surface area contributed by atoms with E-state index < -0.39 is 0 Å². The van der Waals surface area contributed by atoms with Crippen LogP contribution >= 0.6 is 0 Å². The Kier molecular flexibility index (Phi) is 5.22. The summed E-state index contributed by atoms with van der Waals surface area (Å²) in [6, 6.07) is 2.49. The predicted octanol–water partition coefficient (Wildman–Crippen LogP) is 1.36. The lowest BCUT2D eigenvalue weighted by atomic mass is 10.2. The minimum atomic E-state index is 0.157. The van der Waals surface area contributed by atoms with Crippen molar-refractivity contribution in [2.45, 2.75) is 45.8 Å². The molecule has 2 aromatic heterocycles. The second-order valence-corrected chi connectivity index (χ2v) is 7.15. The summed E-state index contributed by atoms with van der Waals surface area (Å²) in [4.78, 5) is 16.7. The van der Waals surface area contributed by atoms with Crippen LogP contribution < -0.4 is 0 Å². The summed E-state index contributed by atoms with van der Waals surface area (Å²) >= 11 is 0. The van der Waals surface area contributed by atoms with Crippen LogP contribution in [0, 0.1) is 13.8 Å². The number of carbonyl (C=O) groups is 1. The molecule has 0 radical (unpaired) electrons. The van der Waals surface area contributed by atoms with E-state index in [1.54, 1.807) is 9.58 Å². The van der Waals surface area contributed by atoms with E-state index in [-0.39, 0.29) is 5.91 Å². The zero-order valence-electron chi connectivity index (χ0n) is 15.6. The minimum Gasteiger partial charge on any atom is -0.340 e. The highest BCUT2D eigenvalue weighted by Gasteiger charge is 2.28. The molecule has 7 nitrogen and oxygen atoms in total. The van der Waals surface area contributed by atoms with E-state index >= 15 is 0 Å². The molecule has 1 atom stereocenters. The molecule has 1 aliphatic rings. The molecule has 7 heteroatoms. The lowest BCUT2D eigenvalue weighted by Gasteiger charge is -2.26. The zero-order chi connectivity index (χ0) is 18.0. The van der Waals surface area contributed by atoms with Gasteiger partial charge in [0.25, 0.3) is 0 Å². The fourth-order valence-corrected chi connectivity index (χ4v) is 3.58. The zero-order valence-corrected chi connectivity index (χ0v) is 15.6. The summed E-state index contributed by atoms with van der Waals surface area (Å²) in [7, 11) is 3.75. The first-order chi connectivity index (χ1) is 11.9. The Hall–Kier alpha value is -2.15. The second kappa shape index (κ2) is 7.39. The average molecular weight is 344 g/mol. The number of carbonyl (C=O) groups excluding carboxylic acids is 1. The number of aromatic nitrogens is 4. The number of likely N-dealkylation sites (N-methyl/N-ethyl adjacent to an activating group) is 1. The first kappa shape index (κ1) is 17.7. The smallest absolute Gasteiger partial charge is 0.236 e. The molecule has 0 bridgehead atoms. The van der Waals surface area contributed by atoms with E-state index in [0.717, 1.165) is 37.2 Å². The van der Waals surface area contributed by atoms with Crippen LogP contribution in [-0.4, -0.2) is 61.4 Å². The number of aryl methyl sites for hydroxylation is 3. The third kappa shape index (κ3) is 4.28. The lowest BCUT2D eigenvalue weighted by Crippen LogP contribution is -2.42. The topological polar surface area (TPSA) is 59.2 Å². The van der Waals surface area contributed by atoms with Crippen molar-refractivity contribution >= 4 is 5.91 Å². The molecule has 1 unspecified atom stereocenters. The normalized spacial score (nSPS) is 18.0. The summed E-state index contributed by atoms with van der Waals surface area (Å²) in [6.45, 7) is 7.03. The lowest BCUT2D eigenvalue weighted by molar-refractivity contribution is -0.131. The van der Waals surface area contributed by atoms with Gasteiger partial charge in [-0.2, -0.15) is 10.2 Å². The molecule has 0 saturated carbocycles. The number of hydrogen-bond acceptors (Lipinski definition) is 4. The van der Waals surface area contributed by atoms with Crippen molar-refractivity contribution in [3.05, 3.63) is 35.4 Å². The van der Waals surface area contributed by atoms with Crippen molar-refractivity contribution in [3.63, 3.8) is 0 Å². The van der Waals surface area contributed by atoms with Crippen LogP contribution in [0.4, 0.5) is 0 Å². The maximum atomic E-state index is 12.6. The Morgan fingerprint density at radius 2 is 2.20 bits per heavy atom. The molecular formula is C18H28N6O. The van der Waals surface area contributed by atoms with Gasteiger partial charge in [-0.15, -0.1) is 0 Å². The monoisotopic (exact) mass is 344 g/mol. The van der Waals surface area contributed by atoms with Gasteiger partial charge in [-0.3, -0.25) is 19.1 Å². The van der Waals surface area contributed by atoms with Crippen molar-refractivity contribution in [2.75, 3.05) is 20.1 Å². The number of amides is 1. The van der Waals surface area contributed by atoms with E-state index in [1.807, 2.05) is 33.4 Å². The fourth-order valence-electron chi connectivity index (χ4n) is 3.58. The van der Waals surface area contributed by atoms with Crippen LogP contribution in [0.15, 0.2) is 18.5 Å². The molecule has 0 N–H and O–H groups in total. The highest BCUT2D eigenvalue weighted by molar-refractivity contribution is 5.78. The van der Waals surface area contributed by atoms with Crippen LogP contribution in [0.5, 0.6) is 0 Å². The summed E-state index contributed by atoms with van der Waals surface area (Å²) in [5.74, 6) is 0.157. The Labute approximate surface area is 149 Å². The molecule has 3 heterocycles. The molecule has 1 saturated heterocycles. The Morgan fingerprint density at radius 1 is 1.40 bits per heavy atom. The summed E-state index contributed by atoms with van der Waals surface area (Å²) in [6.07, 6.45) is 6.03. The number of nitrogens with zero attached hydrogens (tertiary/aromatic N) is 6. The minimum absolute atomic E-state index is 0.157. The van der Waals surface area contributed by atoms with Gasteiger partial charge in [-0.1, -0.05) is 0 Å². The quantitative estimate of drug-likeness (QED) is 0.794. The highest BCUT2D eigenvalue weighted by Crippen LogP contribution is 2.19. The van der Waals surface area contributed by atoms with E-state index in [1.165, 1.54) is 5.69 Å². The number of likely N-dealkylation sites (tertiary alicyclic amines) is 1. The average Bonchev–Trinajstić information content (AvgIpc) is 3.23. The Balaban J connectivity index is 1.56. The summed E-state index contributed by atoms with van der Waals surface area (Å²) < 4.78 is 3.83. The van der Waals surface area contributed by atoms with Crippen LogP contribution in [0.25, 0.3) is 0 Å². The second-order valence-electron chi connectivity index (χ2n) is 7.15. The van der Waals surface area contributed by atoms with E-state index in [4.69, 9.17) is 0 Å². The third-order valence-electron chi connectivity index (χ3n) is 4.93. The predicted molar refractivity (Wildman–Crippen MR) is 96.0 cm³/mol. The van der Waals surface area contributed by atoms with Crippen molar-refractivity contribution in [1.29, 1.82) is 0 Å². The largest absolute Gasteiger partial charge is 0.340 e. The van der Waals surface area contributed by atoms with Crippen LogP contribution in [-0.2, 0) is 24.9 Å². The molecule has 1 fully saturated rings. The Bertz CT molecular complexity index is 734. The standard InChI is InChI=1S/C18H28N6O/c1-14-8-15(2)24(20-14)12-17-6-5-7-23(17)13-18(25)21(3)10-16-9-19-22(4)11-16/h8-9,11,17H,5-7,10,12-13H2,1-4H3. The Morgan fingerprint density at radius 3 is 2.84 bits per heavy atom. The molecule has 3 rings (SSSR count). The highest BCUT2D eigenvalue weighted by atomic mass is 16.2. The van der Waals surface area contributed by atoms with Gasteiger partial charge in [0.05, 0.1) is 25.0 Å². The molecule has 25 heavy (non-hydrogen) atoms. The first-order valence-electron chi connectivity index (χ1n) is 8.89. The molecule has 136 valence electrons.